The van der Waals surface area contributed by atoms with E-state index in [0.29, 0.717) is 11.4 Å². The van der Waals surface area contributed by atoms with Crippen LogP contribution in [0.25, 0.3) is 0 Å². The minimum Gasteiger partial charge on any atom is -0.397 e. The Bertz CT molecular complexity index is 342. The molecule has 1 aliphatic rings. The third kappa shape index (κ3) is 1.62. The lowest BCUT2D eigenvalue weighted by Gasteiger charge is -2.40. The number of rotatable bonds is 2. The van der Waals surface area contributed by atoms with Gasteiger partial charge in [-0.25, -0.2) is 0 Å². The molecule has 0 radical (unpaired) electrons. The molecule has 1 aromatic rings. The van der Waals surface area contributed by atoms with Gasteiger partial charge in [-0.05, 0) is 44.4 Å². The highest BCUT2D eigenvalue weighted by Crippen LogP contribution is 2.35. The van der Waals surface area contributed by atoms with Crippen molar-refractivity contribution >= 4 is 17.1 Å². The van der Waals surface area contributed by atoms with Crippen LogP contribution in [-0.2, 0) is 0 Å². The number of anilines is 3. The fourth-order valence-electron chi connectivity index (χ4n) is 1.83. The van der Waals surface area contributed by atoms with Gasteiger partial charge in [0.15, 0.2) is 0 Å². The Hall–Kier alpha value is -1.38. The van der Waals surface area contributed by atoms with Crippen LogP contribution in [0.2, 0.25) is 0 Å². The fraction of sp³-hybridized carbons (Fsp3) is 0.455. The Morgan fingerprint density at radius 1 is 1.21 bits per heavy atom. The summed E-state index contributed by atoms with van der Waals surface area (Å²) in [6, 6.07) is 5.73. The van der Waals surface area contributed by atoms with Crippen LogP contribution in [0.5, 0.6) is 0 Å². The van der Waals surface area contributed by atoms with E-state index >= 15 is 0 Å². The zero-order valence-electron chi connectivity index (χ0n) is 8.51. The minimum atomic E-state index is 0.266. The van der Waals surface area contributed by atoms with Gasteiger partial charge in [0.1, 0.15) is 0 Å². The van der Waals surface area contributed by atoms with E-state index in [0.717, 1.165) is 5.69 Å². The SMILES string of the molecule is CC1(Nc2ccc(N)c(N)c2)CCC1. The van der Waals surface area contributed by atoms with Crippen molar-refractivity contribution in [2.45, 2.75) is 31.7 Å². The molecule has 76 valence electrons. The third-order valence-electron chi connectivity index (χ3n) is 2.99. The number of benzene rings is 1. The topological polar surface area (TPSA) is 64.1 Å². The summed E-state index contributed by atoms with van der Waals surface area (Å²) in [5.74, 6) is 0. The molecule has 0 heterocycles. The van der Waals surface area contributed by atoms with E-state index in [-0.39, 0.29) is 5.54 Å². The van der Waals surface area contributed by atoms with Gasteiger partial charge in [-0.2, -0.15) is 0 Å². The summed E-state index contributed by atoms with van der Waals surface area (Å²) in [5, 5.41) is 3.49. The van der Waals surface area contributed by atoms with Gasteiger partial charge in [0.25, 0.3) is 0 Å². The molecule has 0 atom stereocenters. The number of nitrogens with two attached hydrogens (primary N) is 2. The number of nitrogen functional groups attached to an aromatic ring is 2. The maximum atomic E-state index is 5.73. The normalized spacial score (nSPS) is 18.6. The number of hydrogen-bond donors (Lipinski definition) is 3. The minimum absolute atomic E-state index is 0.266. The van der Waals surface area contributed by atoms with Gasteiger partial charge < -0.3 is 16.8 Å². The van der Waals surface area contributed by atoms with Crippen LogP contribution >= 0.6 is 0 Å². The highest BCUT2D eigenvalue weighted by Gasteiger charge is 2.31. The third-order valence-corrected chi connectivity index (χ3v) is 2.99. The first-order valence-electron chi connectivity index (χ1n) is 5.02. The largest absolute Gasteiger partial charge is 0.397 e. The Morgan fingerprint density at radius 2 is 1.93 bits per heavy atom. The van der Waals surface area contributed by atoms with Crippen LogP contribution in [0.15, 0.2) is 18.2 Å². The summed E-state index contributed by atoms with van der Waals surface area (Å²) in [4.78, 5) is 0. The fourth-order valence-corrected chi connectivity index (χ4v) is 1.83. The van der Waals surface area contributed by atoms with Crippen LogP contribution in [0.3, 0.4) is 0 Å². The molecule has 3 heteroatoms. The predicted molar refractivity (Wildman–Crippen MR) is 61.1 cm³/mol. The van der Waals surface area contributed by atoms with Gasteiger partial charge in [-0.3, -0.25) is 0 Å². The lowest BCUT2D eigenvalue weighted by Crippen LogP contribution is -2.41. The Labute approximate surface area is 84.5 Å². The lowest BCUT2D eigenvalue weighted by molar-refractivity contribution is 0.306. The van der Waals surface area contributed by atoms with Crippen LogP contribution in [0.4, 0.5) is 17.1 Å². The standard InChI is InChI=1S/C11H17N3/c1-11(5-2-6-11)14-8-3-4-9(12)10(13)7-8/h3-4,7,14H,2,5-6,12-13H2,1H3. The highest BCUT2D eigenvalue weighted by atomic mass is 15.0. The van der Waals surface area contributed by atoms with E-state index in [1.54, 1.807) is 0 Å². The monoisotopic (exact) mass is 191 g/mol. The van der Waals surface area contributed by atoms with Crippen molar-refractivity contribution in [3.63, 3.8) is 0 Å². The molecular formula is C11H17N3. The summed E-state index contributed by atoms with van der Waals surface area (Å²) in [5.41, 5.74) is 14.0. The number of hydrogen-bond acceptors (Lipinski definition) is 3. The van der Waals surface area contributed by atoms with E-state index in [1.165, 1.54) is 19.3 Å². The molecule has 1 aromatic carbocycles. The molecule has 1 saturated carbocycles. The number of nitrogens with one attached hydrogen (secondary N) is 1. The first-order chi connectivity index (χ1) is 6.59. The van der Waals surface area contributed by atoms with Gasteiger partial charge in [0.05, 0.1) is 11.4 Å². The molecular weight excluding hydrogens is 174 g/mol. The molecule has 14 heavy (non-hydrogen) atoms. The Morgan fingerprint density at radius 3 is 2.43 bits per heavy atom. The Balaban J connectivity index is 2.13. The smallest absolute Gasteiger partial charge is 0.0568 e. The molecule has 2 rings (SSSR count). The van der Waals surface area contributed by atoms with Crippen molar-refractivity contribution in [3.8, 4) is 0 Å². The van der Waals surface area contributed by atoms with Gasteiger partial charge >= 0.3 is 0 Å². The molecule has 0 amide bonds. The van der Waals surface area contributed by atoms with Gasteiger partial charge in [-0.1, -0.05) is 0 Å². The van der Waals surface area contributed by atoms with E-state index < -0.39 is 0 Å². The summed E-state index contributed by atoms with van der Waals surface area (Å²) >= 11 is 0. The molecule has 0 unspecified atom stereocenters. The van der Waals surface area contributed by atoms with Crippen LogP contribution in [-0.4, -0.2) is 5.54 Å². The summed E-state index contributed by atoms with van der Waals surface area (Å²) in [6.45, 7) is 2.24. The molecule has 0 saturated heterocycles. The molecule has 0 aliphatic heterocycles. The zero-order valence-corrected chi connectivity index (χ0v) is 8.51. The highest BCUT2D eigenvalue weighted by molar-refractivity contribution is 5.69. The average Bonchev–Trinajstić information content (AvgIpc) is 2.09. The van der Waals surface area contributed by atoms with Crippen molar-refractivity contribution in [1.82, 2.24) is 0 Å². The van der Waals surface area contributed by atoms with Crippen molar-refractivity contribution in [1.29, 1.82) is 0 Å². The maximum Gasteiger partial charge on any atom is 0.0568 e. The van der Waals surface area contributed by atoms with Crippen LogP contribution in [0, 0.1) is 0 Å². The maximum absolute atomic E-state index is 5.73. The summed E-state index contributed by atoms with van der Waals surface area (Å²) in [6.07, 6.45) is 3.78. The molecule has 1 aliphatic carbocycles. The van der Waals surface area contributed by atoms with Gasteiger partial charge in [0, 0.05) is 11.2 Å². The molecule has 0 spiro atoms. The lowest BCUT2D eigenvalue weighted by atomic mass is 9.78. The second kappa shape index (κ2) is 3.08. The van der Waals surface area contributed by atoms with E-state index in [2.05, 4.69) is 12.2 Å². The van der Waals surface area contributed by atoms with Crippen molar-refractivity contribution in [3.05, 3.63) is 18.2 Å². The quantitative estimate of drug-likeness (QED) is 0.628. The van der Waals surface area contributed by atoms with E-state index in [1.807, 2.05) is 18.2 Å². The summed E-state index contributed by atoms with van der Waals surface area (Å²) in [7, 11) is 0. The average molecular weight is 191 g/mol. The van der Waals surface area contributed by atoms with Crippen LogP contribution in [0.1, 0.15) is 26.2 Å². The van der Waals surface area contributed by atoms with E-state index in [4.69, 9.17) is 11.5 Å². The van der Waals surface area contributed by atoms with E-state index in [9.17, 15) is 0 Å². The molecule has 0 bridgehead atoms. The predicted octanol–water partition coefficient (Wildman–Crippen LogP) is 2.21. The zero-order chi connectivity index (χ0) is 10.2. The van der Waals surface area contributed by atoms with Crippen molar-refractivity contribution < 1.29 is 0 Å². The first-order valence-corrected chi connectivity index (χ1v) is 5.02. The molecule has 3 nitrogen and oxygen atoms in total. The second-order valence-corrected chi connectivity index (χ2v) is 4.38. The first kappa shape index (κ1) is 9.19. The van der Waals surface area contributed by atoms with Crippen molar-refractivity contribution in [2.24, 2.45) is 0 Å². The van der Waals surface area contributed by atoms with Gasteiger partial charge in [-0.15, -0.1) is 0 Å². The molecule has 1 fully saturated rings. The van der Waals surface area contributed by atoms with Crippen molar-refractivity contribution in [2.75, 3.05) is 16.8 Å². The van der Waals surface area contributed by atoms with Crippen LogP contribution < -0.4 is 16.8 Å². The van der Waals surface area contributed by atoms with Gasteiger partial charge in [0.2, 0.25) is 0 Å². The summed E-state index contributed by atoms with van der Waals surface area (Å²) < 4.78 is 0. The molecule has 0 aromatic heterocycles. The second-order valence-electron chi connectivity index (χ2n) is 4.38. The molecule has 5 N–H and O–H groups in total. The Kier molecular flexibility index (Phi) is 2.02.